The number of aromatic nitrogens is 1. The van der Waals surface area contributed by atoms with E-state index >= 15 is 0 Å². The maximum Gasteiger partial charge on any atom is 0.250 e. The number of H-pyrrole nitrogens is 1. The van der Waals surface area contributed by atoms with Gasteiger partial charge in [0, 0.05) is 49.7 Å². The molecule has 0 saturated carbocycles. The number of piperidine rings is 1. The molecule has 138 valence electrons. The SMILES string of the molecule is O=C(NC1CCN(c2cc(=O)[nH]c3ccccc23)CC1)C1CCOCC1. The Morgan fingerprint density at radius 3 is 2.62 bits per heavy atom. The topological polar surface area (TPSA) is 74.4 Å². The summed E-state index contributed by atoms with van der Waals surface area (Å²) in [6.45, 7) is 3.05. The van der Waals surface area contributed by atoms with E-state index in [4.69, 9.17) is 4.74 Å². The lowest BCUT2D eigenvalue weighted by atomic mass is 9.97. The van der Waals surface area contributed by atoms with E-state index < -0.39 is 0 Å². The molecular weight excluding hydrogens is 330 g/mol. The predicted molar refractivity (Wildman–Crippen MR) is 101 cm³/mol. The highest BCUT2D eigenvalue weighted by Gasteiger charge is 2.26. The van der Waals surface area contributed by atoms with Gasteiger partial charge in [-0.1, -0.05) is 18.2 Å². The van der Waals surface area contributed by atoms with Crippen molar-refractivity contribution in [1.29, 1.82) is 0 Å². The number of aromatic amines is 1. The highest BCUT2D eigenvalue weighted by Crippen LogP contribution is 2.26. The largest absolute Gasteiger partial charge is 0.381 e. The Labute approximate surface area is 152 Å². The molecule has 1 aromatic carbocycles. The first-order chi connectivity index (χ1) is 12.7. The second-order valence-corrected chi connectivity index (χ2v) is 7.22. The summed E-state index contributed by atoms with van der Waals surface area (Å²) in [6, 6.07) is 9.80. The second-order valence-electron chi connectivity index (χ2n) is 7.22. The number of carbonyl (C=O) groups is 1. The minimum absolute atomic E-state index is 0.0753. The van der Waals surface area contributed by atoms with Gasteiger partial charge in [-0.2, -0.15) is 0 Å². The van der Waals surface area contributed by atoms with Gasteiger partial charge in [-0.25, -0.2) is 0 Å². The van der Waals surface area contributed by atoms with Crippen molar-refractivity contribution in [3.8, 4) is 0 Å². The minimum Gasteiger partial charge on any atom is -0.381 e. The summed E-state index contributed by atoms with van der Waals surface area (Å²) in [6.07, 6.45) is 3.44. The van der Waals surface area contributed by atoms with Gasteiger partial charge in [0.05, 0.1) is 11.2 Å². The number of ether oxygens (including phenoxy) is 1. The van der Waals surface area contributed by atoms with E-state index in [1.807, 2.05) is 24.3 Å². The molecule has 0 unspecified atom stereocenters. The van der Waals surface area contributed by atoms with Crippen LogP contribution in [0.1, 0.15) is 25.7 Å². The Bertz CT molecular complexity index is 834. The number of hydrogen-bond acceptors (Lipinski definition) is 4. The van der Waals surface area contributed by atoms with Gasteiger partial charge >= 0.3 is 0 Å². The third-order valence-electron chi connectivity index (χ3n) is 5.50. The summed E-state index contributed by atoms with van der Waals surface area (Å²) in [5.74, 6) is 0.270. The average molecular weight is 355 g/mol. The highest BCUT2D eigenvalue weighted by molar-refractivity contribution is 5.91. The summed E-state index contributed by atoms with van der Waals surface area (Å²) in [4.78, 5) is 29.5. The number of hydrogen-bond donors (Lipinski definition) is 2. The van der Waals surface area contributed by atoms with Crippen molar-refractivity contribution in [3.05, 3.63) is 40.7 Å². The molecule has 0 radical (unpaired) electrons. The molecule has 6 nitrogen and oxygen atoms in total. The van der Waals surface area contributed by atoms with Crippen LogP contribution in [0.25, 0.3) is 10.9 Å². The number of pyridine rings is 1. The van der Waals surface area contributed by atoms with Gasteiger partial charge in [0.25, 0.3) is 0 Å². The van der Waals surface area contributed by atoms with E-state index in [-0.39, 0.29) is 23.4 Å². The van der Waals surface area contributed by atoms with Gasteiger partial charge in [0.1, 0.15) is 0 Å². The van der Waals surface area contributed by atoms with E-state index in [1.54, 1.807) is 6.07 Å². The fourth-order valence-electron chi connectivity index (χ4n) is 3.99. The average Bonchev–Trinajstić information content (AvgIpc) is 2.68. The van der Waals surface area contributed by atoms with Gasteiger partial charge in [-0.3, -0.25) is 9.59 Å². The van der Waals surface area contributed by atoms with Crippen molar-refractivity contribution in [2.45, 2.75) is 31.7 Å². The number of para-hydroxylation sites is 1. The number of anilines is 1. The Morgan fingerprint density at radius 2 is 1.85 bits per heavy atom. The van der Waals surface area contributed by atoms with E-state index in [9.17, 15) is 9.59 Å². The molecule has 2 aromatic rings. The first kappa shape index (κ1) is 17.1. The maximum atomic E-state index is 12.4. The number of amides is 1. The zero-order valence-electron chi connectivity index (χ0n) is 14.9. The molecule has 3 heterocycles. The monoisotopic (exact) mass is 355 g/mol. The normalized spacial score (nSPS) is 19.6. The Morgan fingerprint density at radius 1 is 1.12 bits per heavy atom. The van der Waals surface area contributed by atoms with E-state index in [2.05, 4.69) is 15.2 Å². The highest BCUT2D eigenvalue weighted by atomic mass is 16.5. The van der Waals surface area contributed by atoms with Gasteiger partial charge in [-0.15, -0.1) is 0 Å². The van der Waals surface area contributed by atoms with Gasteiger partial charge in [0.2, 0.25) is 11.5 Å². The Balaban J connectivity index is 1.41. The third kappa shape index (κ3) is 3.60. The number of fused-ring (bicyclic) bond motifs is 1. The molecule has 1 amide bonds. The zero-order valence-corrected chi connectivity index (χ0v) is 14.9. The molecule has 4 rings (SSSR count). The second kappa shape index (κ2) is 7.50. The molecule has 2 saturated heterocycles. The van der Waals surface area contributed by atoms with Crippen LogP contribution in [0.5, 0.6) is 0 Å². The lowest BCUT2D eigenvalue weighted by Gasteiger charge is -2.35. The predicted octanol–water partition coefficient (Wildman–Crippen LogP) is 2.04. The first-order valence-electron chi connectivity index (χ1n) is 9.46. The van der Waals surface area contributed by atoms with Crippen LogP contribution in [0.4, 0.5) is 5.69 Å². The van der Waals surface area contributed by atoms with Crippen LogP contribution in [0.15, 0.2) is 35.1 Å². The number of benzene rings is 1. The molecule has 0 atom stereocenters. The number of nitrogens with one attached hydrogen (secondary N) is 2. The number of carbonyl (C=O) groups excluding carboxylic acids is 1. The molecule has 2 aliphatic rings. The standard InChI is InChI=1S/C20H25N3O3/c24-19-13-18(16-3-1-2-4-17(16)22-19)23-9-5-15(6-10-23)21-20(25)14-7-11-26-12-8-14/h1-4,13-15H,5-12H2,(H,21,25)(H,22,24). The molecule has 2 aliphatic heterocycles. The van der Waals surface area contributed by atoms with E-state index in [0.717, 1.165) is 55.4 Å². The maximum absolute atomic E-state index is 12.4. The lowest BCUT2D eigenvalue weighted by Crippen LogP contribution is -2.47. The molecule has 6 heteroatoms. The van der Waals surface area contributed by atoms with Crippen molar-refractivity contribution >= 4 is 22.5 Å². The number of nitrogens with zero attached hydrogens (tertiary/aromatic N) is 1. The van der Waals surface area contributed by atoms with E-state index in [1.165, 1.54) is 0 Å². The quantitative estimate of drug-likeness (QED) is 0.884. The first-order valence-corrected chi connectivity index (χ1v) is 9.46. The summed E-state index contributed by atoms with van der Waals surface area (Å²) in [5.41, 5.74) is 1.78. The molecule has 2 N–H and O–H groups in total. The Kier molecular flexibility index (Phi) is 4.93. The van der Waals surface area contributed by atoms with Crippen LogP contribution in [0.3, 0.4) is 0 Å². The molecule has 1 aromatic heterocycles. The van der Waals surface area contributed by atoms with Crippen molar-refractivity contribution in [2.75, 3.05) is 31.2 Å². The van der Waals surface area contributed by atoms with Crippen LogP contribution in [0, 0.1) is 5.92 Å². The van der Waals surface area contributed by atoms with Crippen LogP contribution in [-0.2, 0) is 9.53 Å². The zero-order chi connectivity index (χ0) is 17.9. The number of rotatable bonds is 3. The minimum atomic E-state index is -0.0753. The van der Waals surface area contributed by atoms with Crippen LogP contribution < -0.4 is 15.8 Å². The smallest absolute Gasteiger partial charge is 0.250 e. The third-order valence-corrected chi connectivity index (χ3v) is 5.50. The fourth-order valence-corrected chi connectivity index (χ4v) is 3.99. The van der Waals surface area contributed by atoms with Crippen molar-refractivity contribution in [2.24, 2.45) is 5.92 Å². The van der Waals surface area contributed by atoms with Crippen molar-refractivity contribution in [3.63, 3.8) is 0 Å². The lowest BCUT2D eigenvalue weighted by molar-refractivity contribution is -0.128. The van der Waals surface area contributed by atoms with Gasteiger partial charge in [-0.05, 0) is 31.7 Å². The van der Waals surface area contributed by atoms with Gasteiger partial charge < -0.3 is 19.9 Å². The molecule has 0 aliphatic carbocycles. The molecular formula is C20H25N3O3. The van der Waals surface area contributed by atoms with Crippen molar-refractivity contribution < 1.29 is 9.53 Å². The summed E-state index contributed by atoms with van der Waals surface area (Å²) >= 11 is 0. The van der Waals surface area contributed by atoms with Gasteiger partial charge in [0.15, 0.2) is 0 Å². The molecule has 2 fully saturated rings. The van der Waals surface area contributed by atoms with Crippen molar-refractivity contribution in [1.82, 2.24) is 10.3 Å². The van der Waals surface area contributed by atoms with E-state index in [0.29, 0.717) is 13.2 Å². The van der Waals surface area contributed by atoms with Crippen LogP contribution in [0.2, 0.25) is 0 Å². The summed E-state index contributed by atoms with van der Waals surface area (Å²) in [7, 11) is 0. The summed E-state index contributed by atoms with van der Waals surface area (Å²) in [5, 5.41) is 4.29. The molecule has 0 bridgehead atoms. The Hall–Kier alpha value is -2.34. The molecule has 0 spiro atoms. The fraction of sp³-hybridized carbons (Fsp3) is 0.500. The van der Waals surface area contributed by atoms with Crippen LogP contribution in [-0.4, -0.2) is 43.2 Å². The molecule has 26 heavy (non-hydrogen) atoms. The summed E-state index contributed by atoms with van der Waals surface area (Å²) < 4.78 is 5.33. The van der Waals surface area contributed by atoms with Crippen LogP contribution >= 0.6 is 0 Å².